The molecule has 0 N–H and O–H groups in total. The third-order valence-corrected chi connectivity index (χ3v) is 4.67. The van der Waals surface area contributed by atoms with Gasteiger partial charge in [0.25, 0.3) is 5.91 Å². The monoisotopic (exact) mass is 553 g/mol. The number of imide groups is 1. The minimum atomic E-state index is -5.00. The van der Waals surface area contributed by atoms with Gasteiger partial charge in [0.1, 0.15) is 29.2 Å². The first-order chi connectivity index (χ1) is 17.4. The van der Waals surface area contributed by atoms with E-state index < -0.39 is 82.5 Å². The van der Waals surface area contributed by atoms with Crippen LogP contribution < -0.4 is 9.47 Å². The molecule has 0 saturated carbocycles. The summed E-state index contributed by atoms with van der Waals surface area (Å²) in [5.41, 5.74) is -3.20. The normalized spacial score (nSPS) is 12.2. The zero-order valence-electron chi connectivity index (χ0n) is 21.0. The van der Waals surface area contributed by atoms with Crippen molar-refractivity contribution in [3.8, 4) is 11.5 Å². The summed E-state index contributed by atoms with van der Waals surface area (Å²) in [7, 11) is 0.979. The molecule has 0 spiro atoms. The minimum absolute atomic E-state index is 0.213. The number of carbonyl (C=O) groups is 3. The van der Waals surface area contributed by atoms with Crippen LogP contribution in [0.2, 0.25) is 0 Å². The van der Waals surface area contributed by atoms with E-state index >= 15 is 0 Å². The summed E-state index contributed by atoms with van der Waals surface area (Å²) in [5.74, 6) is -3.94. The fourth-order valence-corrected chi connectivity index (χ4v) is 3.39. The molecule has 2 aromatic carbocycles. The smallest absolute Gasteiger partial charge is 0.422 e. The molecule has 0 aliphatic heterocycles. The second-order valence-corrected chi connectivity index (χ2v) is 8.75. The first-order valence-corrected chi connectivity index (χ1v) is 11.0. The van der Waals surface area contributed by atoms with E-state index in [1.165, 1.54) is 27.7 Å². The zero-order valence-corrected chi connectivity index (χ0v) is 21.0. The number of esters is 1. The van der Waals surface area contributed by atoms with Crippen LogP contribution in [0, 0.1) is 0 Å². The third-order valence-electron chi connectivity index (χ3n) is 4.67. The van der Waals surface area contributed by atoms with E-state index in [0.29, 0.717) is 0 Å². The fraction of sp³-hybridized carbons (Fsp3) is 0.458. The van der Waals surface area contributed by atoms with Crippen molar-refractivity contribution in [3.63, 3.8) is 0 Å². The molecular formula is C24H25F6NO7. The number of rotatable bonds is 7. The van der Waals surface area contributed by atoms with E-state index in [9.17, 15) is 40.7 Å². The molecule has 0 radical (unpaired) electrons. The summed E-state index contributed by atoms with van der Waals surface area (Å²) in [5, 5.41) is -1.14. The quantitative estimate of drug-likeness (QED) is 0.319. The summed E-state index contributed by atoms with van der Waals surface area (Å²) in [6, 6.07) is 3.39. The summed E-state index contributed by atoms with van der Waals surface area (Å²) in [4.78, 5) is 38.8. The van der Waals surface area contributed by atoms with E-state index in [1.54, 1.807) is 0 Å². The van der Waals surface area contributed by atoms with Gasteiger partial charge in [0.2, 0.25) is 0 Å². The topological polar surface area (TPSA) is 91.4 Å². The third kappa shape index (κ3) is 7.65. The van der Waals surface area contributed by atoms with Gasteiger partial charge in [-0.2, -0.15) is 26.3 Å². The lowest BCUT2D eigenvalue weighted by atomic mass is 9.97. The number of methoxy groups -OCH3 is 1. The van der Waals surface area contributed by atoms with Gasteiger partial charge in [-0.25, -0.2) is 9.69 Å². The summed E-state index contributed by atoms with van der Waals surface area (Å²) in [6.07, 6.45) is -11.3. The predicted molar refractivity (Wildman–Crippen MR) is 121 cm³/mol. The molecule has 210 valence electrons. The van der Waals surface area contributed by atoms with E-state index in [0.717, 1.165) is 31.4 Å². The molecule has 0 fully saturated rings. The number of amides is 2. The number of halogens is 6. The van der Waals surface area contributed by atoms with Crippen LogP contribution in [0.3, 0.4) is 0 Å². The lowest BCUT2D eigenvalue weighted by Gasteiger charge is -2.25. The van der Waals surface area contributed by atoms with Crippen LogP contribution in [-0.4, -0.2) is 61.5 Å². The molecule has 0 saturated heterocycles. The maximum Gasteiger partial charge on any atom is 0.422 e. The second-order valence-electron chi connectivity index (χ2n) is 8.75. The van der Waals surface area contributed by atoms with Crippen molar-refractivity contribution in [2.75, 3.05) is 26.9 Å². The van der Waals surface area contributed by atoms with Crippen molar-refractivity contribution in [3.05, 3.63) is 35.4 Å². The molecule has 0 aliphatic carbocycles. The number of nitrogens with zero attached hydrogens (tertiary/aromatic N) is 1. The lowest BCUT2D eigenvalue weighted by molar-refractivity contribution is -0.155. The van der Waals surface area contributed by atoms with Crippen molar-refractivity contribution in [2.45, 2.75) is 45.6 Å². The van der Waals surface area contributed by atoms with Crippen molar-refractivity contribution in [1.82, 2.24) is 4.90 Å². The Bertz CT molecular complexity index is 1200. The van der Waals surface area contributed by atoms with E-state index in [2.05, 4.69) is 0 Å². The van der Waals surface area contributed by atoms with Crippen LogP contribution >= 0.6 is 0 Å². The average molecular weight is 553 g/mol. The SMILES string of the molecule is CCOC(=O)N(CC(=O)OC(C)(C)C)C(=O)c1c(OCC(F)(F)F)ccc2c(C(F)(F)F)c(OC)ccc12. The van der Waals surface area contributed by atoms with Crippen molar-refractivity contribution >= 4 is 28.7 Å². The molecule has 14 heteroatoms. The Morgan fingerprint density at radius 1 is 0.895 bits per heavy atom. The number of fused-ring (bicyclic) bond motifs is 1. The van der Waals surface area contributed by atoms with Crippen LogP contribution in [0.25, 0.3) is 10.8 Å². The molecule has 38 heavy (non-hydrogen) atoms. The van der Waals surface area contributed by atoms with Gasteiger partial charge in [-0.3, -0.25) is 9.59 Å². The largest absolute Gasteiger partial charge is 0.496 e. The number of carbonyl (C=O) groups excluding carboxylic acids is 3. The Hall–Kier alpha value is -3.71. The van der Waals surface area contributed by atoms with Crippen LogP contribution in [0.15, 0.2) is 24.3 Å². The van der Waals surface area contributed by atoms with Crippen molar-refractivity contribution in [1.29, 1.82) is 0 Å². The number of alkyl halides is 6. The summed E-state index contributed by atoms with van der Waals surface area (Å²) < 4.78 is 99.9. The van der Waals surface area contributed by atoms with E-state index in [4.69, 9.17) is 18.9 Å². The number of hydrogen-bond donors (Lipinski definition) is 0. The number of ether oxygens (including phenoxy) is 4. The molecule has 0 bridgehead atoms. The molecule has 0 atom stereocenters. The van der Waals surface area contributed by atoms with Crippen LogP contribution in [0.4, 0.5) is 31.1 Å². The zero-order chi connectivity index (χ0) is 29.1. The molecule has 0 heterocycles. The van der Waals surface area contributed by atoms with Crippen molar-refractivity contribution < 1.29 is 59.7 Å². The number of hydrogen-bond acceptors (Lipinski definition) is 7. The molecule has 0 unspecified atom stereocenters. The molecule has 8 nitrogen and oxygen atoms in total. The first-order valence-electron chi connectivity index (χ1n) is 11.0. The Balaban J connectivity index is 2.81. The molecular weight excluding hydrogens is 528 g/mol. The van der Waals surface area contributed by atoms with Crippen LogP contribution in [-0.2, 0) is 20.4 Å². The predicted octanol–water partition coefficient (Wildman–Crippen LogP) is 5.75. The van der Waals surface area contributed by atoms with Gasteiger partial charge in [-0.15, -0.1) is 0 Å². The first kappa shape index (κ1) is 30.5. The lowest BCUT2D eigenvalue weighted by Crippen LogP contribution is -2.43. The minimum Gasteiger partial charge on any atom is -0.496 e. The molecule has 0 aliphatic rings. The second kappa shape index (κ2) is 11.4. The average Bonchev–Trinajstić information content (AvgIpc) is 2.77. The summed E-state index contributed by atoms with van der Waals surface area (Å²) >= 11 is 0. The Kier molecular flexibility index (Phi) is 9.12. The highest BCUT2D eigenvalue weighted by atomic mass is 19.4. The van der Waals surface area contributed by atoms with Gasteiger partial charge >= 0.3 is 24.4 Å². The molecule has 0 aromatic heterocycles. The van der Waals surface area contributed by atoms with Gasteiger partial charge in [-0.05, 0) is 62.7 Å². The van der Waals surface area contributed by atoms with Gasteiger partial charge in [0.15, 0.2) is 6.61 Å². The van der Waals surface area contributed by atoms with Crippen LogP contribution in [0.5, 0.6) is 11.5 Å². The van der Waals surface area contributed by atoms with Crippen molar-refractivity contribution in [2.24, 2.45) is 0 Å². The summed E-state index contributed by atoms with van der Waals surface area (Å²) in [6.45, 7) is 2.67. The van der Waals surface area contributed by atoms with Crippen LogP contribution in [0.1, 0.15) is 43.6 Å². The highest BCUT2D eigenvalue weighted by Crippen LogP contribution is 2.43. The van der Waals surface area contributed by atoms with Gasteiger partial charge in [-0.1, -0.05) is 0 Å². The maximum absolute atomic E-state index is 13.9. The highest BCUT2D eigenvalue weighted by Gasteiger charge is 2.39. The Labute approximate surface area is 213 Å². The highest BCUT2D eigenvalue weighted by molar-refractivity contribution is 6.15. The maximum atomic E-state index is 13.9. The van der Waals surface area contributed by atoms with Gasteiger partial charge < -0.3 is 18.9 Å². The standard InChI is InChI=1S/C24H25F6NO7/c1-6-36-21(34)31(11-17(32)38-22(2,3)4)20(33)18-13-7-10-16(35-5)19(24(28,29)30)14(13)8-9-15(18)37-12-23(25,26)27/h7-10H,6,11-12H2,1-5H3. The molecule has 2 rings (SSSR count). The Morgan fingerprint density at radius 2 is 1.47 bits per heavy atom. The molecule has 2 amide bonds. The molecule has 2 aromatic rings. The van der Waals surface area contributed by atoms with E-state index in [-0.39, 0.29) is 11.5 Å². The van der Waals surface area contributed by atoms with Gasteiger partial charge in [0, 0.05) is 0 Å². The Morgan fingerprint density at radius 3 is 1.97 bits per heavy atom. The fourth-order valence-electron chi connectivity index (χ4n) is 3.39. The van der Waals surface area contributed by atoms with Gasteiger partial charge in [0.05, 0.1) is 19.3 Å². The van der Waals surface area contributed by atoms with E-state index in [1.807, 2.05) is 0 Å². The number of benzene rings is 2.